The molecule has 0 saturated carbocycles. The van der Waals surface area contributed by atoms with Gasteiger partial charge in [0.1, 0.15) is 24.5 Å². The maximum absolute atomic E-state index is 14.0. The molecule has 2 unspecified atom stereocenters. The van der Waals surface area contributed by atoms with Crippen LogP contribution in [0.25, 0.3) is 10.1 Å². The van der Waals surface area contributed by atoms with Crippen molar-refractivity contribution >= 4 is 39.3 Å². The number of amides is 4. The molecule has 3 aromatic carbocycles. The zero-order valence-electron chi connectivity index (χ0n) is 23.5. The number of urea groups is 1. The van der Waals surface area contributed by atoms with E-state index in [-0.39, 0.29) is 30.1 Å². The van der Waals surface area contributed by atoms with Gasteiger partial charge in [-0.3, -0.25) is 9.59 Å². The average Bonchev–Trinajstić information content (AvgIpc) is 3.41. The summed E-state index contributed by atoms with van der Waals surface area (Å²) >= 11 is 1.64. The lowest BCUT2D eigenvalue weighted by molar-refractivity contribution is -0.197. The number of carbonyl (C=O) groups is 3. The van der Waals surface area contributed by atoms with Crippen LogP contribution in [0.5, 0.6) is 5.75 Å². The Labute approximate surface area is 248 Å². The normalized spacial score (nSPS) is 21.1. The van der Waals surface area contributed by atoms with Gasteiger partial charge in [0.15, 0.2) is 0 Å². The van der Waals surface area contributed by atoms with Gasteiger partial charge in [-0.25, -0.2) is 14.8 Å². The first-order chi connectivity index (χ1) is 20.3. The molecule has 2 saturated heterocycles. The highest BCUT2D eigenvalue weighted by Gasteiger charge is 2.53. The summed E-state index contributed by atoms with van der Waals surface area (Å²) in [7, 11) is 1.75. The summed E-state index contributed by atoms with van der Waals surface area (Å²) in [6.45, 7) is 2.51. The topological polar surface area (TPSA) is 96.4 Å². The van der Waals surface area contributed by atoms with Gasteiger partial charge in [-0.15, -0.1) is 11.3 Å². The fourth-order valence-electron chi connectivity index (χ4n) is 5.97. The summed E-state index contributed by atoms with van der Waals surface area (Å²) in [5.74, 6) is -0.221. The molecule has 2 aliphatic heterocycles. The van der Waals surface area contributed by atoms with Gasteiger partial charge in [0.25, 0.3) is 0 Å². The van der Waals surface area contributed by atoms with E-state index in [1.54, 1.807) is 62.5 Å². The SMILES string of the molecule is C[C@H]1C2N(CC(=O)N1Cc1csc3ccccc13)C(=O)C(Cc1ccc(O)cc1)N(C)N2C(=O)NCc1ccccc1. The van der Waals surface area contributed by atoms with Crippen LogP contribution in [-0.2, 0) is 29.1 Å². The fourth-order valence-corrected chi connectivity index (χ4v) is 6.93. The van der Waals surface area contributed by atoms with Crippen LogP contribution in [0, 0.1) is 0 Å². The number of nitrogens with zero attached hydrogens (tertiary/aromatic N) is 4. The molecule has 3 atom stereocenters. The first-order valence-corrected chi connectivity index (χ1v) is 14.9. The Morgan fingerprint density at radius 1 is 0.976 bits per heavy atom. The third-order valence-corrected chi connectivity index (χ3v) is 9.25. The number of hydrogen-bond donors (Lipinski definition) is 2. The lowest BCUT2D eigenvalue weighted by atomic mass is 9.99. The van der Waals surface area contributed by atoms with E-state index < -0.39 is 18.2 Å². The number of phenolic OH excluding ortho intramolecular Hbond substituents is 1. The second kappa shape index (κ2) is 11.5. The minimum atomic E-state index is -0.708. The third-order valence-electron chi connectivity index (χ3n) is 8.24. The fraction of sp³-hybridized carbons (Fsp3) is 0.281. The number of aromatic hydroxyl groups is 1. The molecule has 0 bridgehead atoms. The number of nitrogens with one attached hydrogen (secondary N) is 1. The van der Waals surface area contributed by atoms with Crippen molar-refractivity contribution in [2.75, 3.05) is 13.6 Å². The highest BCUT2D eigenvalue weighted by molar-refractivity contribution is 7.17. The molecule has 3 heterocycles. The largest absolute Gasteiger partial charge is 0.508 e. The maximum atomic E-state index is 14.0. The molecule has 216 valence electrons. The van der Waals surface area contributed by atoms with Crippen LogP contribution in [0.3, 0.4) is 0 Å². The summed E-state index contributed by atoms with van der Waals surface area (Å²) in [4.78, 5) is 44.9. The van der Waals surface area contributed by atoms with E-state index in [4.69, 9.17) is 0 Å². The Kier molecular flexibility index (Phi) is 7.57. The van der Waals surface area contributed by atoms with E-state index in [2.05, 4.69) is 22.8 Å². The molecular formula is C32H33N5O4S. The van der Waals surface area contributed by atoms with Crippen LogP contribution in [0.2, 0.25) is 0 Å². The van der Waals surface area contributed by atoms with Crippen molar-refractivity contribution in [3.8, 4) is 5.75 Å². The summed E-state index contributed by atoms with van der Waals surface area (Å²) in [5.41, 5.74) is 2.84. The first-order valence-electron chi connectivity index (χ1n) is 14.0. The second-order valence-corrected chi connectivity index (χ2v) is 11.8. The van der Waals surface area contributed by atoms with Gasteiger partial charge in [0.05, 0.1) is 6.04 Å². The van der Waals surface area contributed by atoms with E-state index in [1.807, 2.05) is 49.4 Å². The Morgan fingerprint density at radius 2 is 1.69 bits per heavy atom. The molecule has 0 radical (unpaired) electrons. The summed E-state index contributed by atoms with van der Waals surface area (Å²) < 4.78 is 1.15. The Hall–Kier alpha value is -4.41. The highest BCUT2D eigenvalue weighted by Crippen LogP contribution is 2.33. The van der Waals surface area contributed by atoms with E-state index >= 15 is 0 Å². The van der Waals surface area contributed by atoms with E-state index in [9.17, 15) is 19.5 Å². The second-order valence-electron chi connectivity index (χ2n) is 10.8. The predicted octanol–water partition coefficient (Wildman–Crippen LogP) is 4.18. The number of piperazine rings is 1. The van der Waals surface area contributed by atoms with Gasteiger partial charge in [0, 0.05) is 24.8 Å². The van der Waals surface area contributed by atoms with Crippen LogP contribution in [0.1, 0.15) is 23.6 Å². The van der Waals surface area contributed by atoms with Crippen molar-refractivity contribution in [2.45, 2.75) is 44.7 Å². The Balaban J connectivity index is 1.31. The number of thiophene rings is 1. The van der Waals surface area contributed by atoms with Crippen molar-refractivity contribution in [3.05, 3.63) is 101 Å². The van der Waals surface area contributed by atoms with E-state index in [1.165, 1.54) is 0 Å². The molecule has 9 nitrogen and oxygen atoms in total. The summed E-state index contributed by atoms with van der Waals surface area (Å²) in [6.07, 6.45) is -0.369. The van der Waals surface area contributed by atoms with Crippen LogP contribution in [0.15, 0.2) is 84.2 Å². The number of likely N-dealkylation sites (N-methyl/N-ethyl adjacent to an activating group) is 1. The molecule has 0 aliphatic carbocycles. The standard InChI is InChI=1S/C32H33N5O4S/c1-21-30-36(19-29(39)35(21)18-24-20-42-28-11-7-6-10-26(24)28)31(40)27(16-22-12-14-25(38)15-13-22)34(2)37(30)32(41)33-17-23-8-4-3-5-9-23/h3-15,20-21,27,30,38H,16-19H2,1-2H3,(H,33,41)/t21-,27?,30?/m0/s1. The molecule has 2 aliphatic rings. The third kappa shape index (κ3) is 5.19. The maximum Gasteiger partial charge on any atom is 0.334 e. The average molecular weight is 584 g/mol. The number of phenols is 1. The van der Waals surface area contributed by atoms with Crippen LogP contribution < -0.4 is 5.32 Å². The number of hydrogen-bond acceptors (Lipinski definition) is 6. The minimum absolute atomic E-state index is 0.113. The van der Waals surface area contributed by atoms with E-state index in [0.29, 0.717) is 19.5 Å². The smallest absolute Gasteiger partial charge is 0.334 e. The Bertz CT molecular complexity index is 1610. The molecule has 2 N–H and O–H groups in total. The van der Waals surface area contributed by atoms with Gasteiger partial charge in [-0.2, -0.15) is 0 Å². The first kappa shape index (κ1) is 27.7. The molecule has 4 amide bonds. The van der Waals surface area contributed by atoms with Crippen molar-refractivity contribution in [3.63, 3.8) is 0 Å². The zero-order valence-corrected chi connectivity index (χ0v) is 24.3. The van der Waals surface area contributed by atoms with Gasteiger partial charge in [-0.05, 0) is 59.0 Å². The number of hydrazine groups is 1. The van der Waals surface area contributed by atoms with Gasteiger partial charge < -0.3 is 20.2 Å². The van der Waals surface area contributed by atoms with Crippen LogP contribution in [0.4, 0.5) is 4.79 Å². The Morgan fingerprint density at radius 3 is 2.45 bits per heavy atom. The minimum Gasteiger partial charge on any atom is -0.508 e. The number of carbonyl (C=O) groups excluding carboxylic acids is 3. The number of rotatable bonds is 6. The highest BCUT2D eigenvalue weighted by atomic mass is 32.1. The quantitative estimate of drug-likeness (QED) is 0.355. The lowest BCUT2D eigenvalue weighted by Crippen LogP contribution is -2.78. The van der Waals surface area contributed by atoms with Crippen molar-refractivity contribution in [1.29, 1.82) is 0 Å². The molecule has 1 aromatic heterocycles. The van der Waals surface area contributed by atoms with Gasteiger partial charge >= 0.3 is 6.03 Å². The van der Waals surface area contributed by atoms with Crippen molar-refractivity contribution < 1.29 is 19.5 Å². The van der Waals surface area contributed by atoms with Crippen molar-refractivity contribution in [1.82, 2.24) is 25.1 Å². The number of benzene rings is 3. The monoisotopic (exact) mass is 583 g/mol. The lowest BCUT2D eigenvalue weighted by Gasteiger charge is -2.57. The van der Waals surface area contributed by atoms with Crippen molar-refractivity contribution in [2.24, 2.45) is 0 Å². The van der Waals surface area contributed by atoms with Crippen LogP contribution >= 0.6 is 11.3 Å². The molecule has 10 heteroatoms. The molecule has 42 heavy (non-hydrogen) atoms. The number of fused-ring (bicyclic) bond motifs is 2. The summed E-state index contributed by atoms with van der Waals surface area (Å²) in [5, 5.41) is 19.3. The van der Waals surface area contributed by atoms with Gasteiger partial charge in [0.2, 0.25) is 11.8 Å². The molecule has 0 spiro atoms. The zero-order chi connectivity index (χ0) is 29.4. The summed E-state index contributed by atoms with van der Waals surface area (Å²) in [6, 6.07) is 22.9. The molecular weight excluding hydrogens is 550 g/mol. The predicted molar refractivity (Wildman–Crippen MR) is 161 cm³/mol. The van der Waals surface area contributed by atoms with Crippen LogP contribution in [-0.4, -0.2) is 74.6 Å². The van der Waals surface area contributed by atoms with Gasteiger partial charge in [-0.1, -0.05) is 60.7 Å². The molecule has 2 fully saturated rings. The molecule has 4 aromatic rings. The molecule has 6 rings (SSSR count). The van der Waals surface area contributed by atoms with E-state index in [0.717, 1.165) is 26.8 Å².